The first-order chi connectivity index (χ1) is 5.31. The molecule has 12 heavy (non-hydrogen) atoms. The summed E-state index contributed by atoms with van der Waals surface area (Å²) in [6.07, 6.45) is 5.65. The molecule has 0 rings (SSSR count). The molecule has 1 heteroatoms. The maximum atomic E-state index is 2.28. The van der Waals surface area contributed by atoms with Gasteiger partial charge in [0, 0.05) is 14.1 Å². The summed E-state index contributed by atoms with van der Waals surface area (Å²) in [4.78, 5) is 2.08. The predicted molar refractivity (Wildman–Crippen MR) is 56.1 cm³/mol. The molecule has 1 atom stereocenters. The Labute approximate surface area is 77.5 Å². The second-order valence-corrected chi connectivity index (χ2v) is 5.05. The molecule has 1 nitrogen and oxygen atoms in total. The first kappa shape index (κ1) is 11.5. The quantitative estimate of drug-likeness (QED) is 0.627. The molecule has 0 radical (unpaired) electrons. The van der Waals surface area contributed by atoms with Gasteiger partial charge in [-0.2, -0.15) is 0 Å². The molecule has 0 aromatic heterocycles. The summed E-state index contributed by atoms with van der Waals surface area (Å²) in [7, 11) is 4.11. The standard InChI is InChI=1S/C11H23N/c1-10(7-8-12(5)6)9-11(2,3)4/h7-8,10H,9H2,1-6H3/b8-7+. The van der Waals surface area contributed by atoms with Crippen molar-refractivity contribution >= 4 is 0 Å². The lowest BCUT2D eigenvalue weighted by Crippen LogP contribution is -2.10. The molecular formula is C11H23N. The van der Waals surface area contributed by atoms with Gasteiger partial charge in [0.05, 0.1) is 0 Å². The maximum Gasteiger partial charge on any atom is 0.00555 e. The molecule has 0 aliphatic carbocycles. The van der Waals surface area contributed by atoms with Gasteiger partial charge < -0.3 is 4.90 Å². The molecule has 0 fully saturated rings. The molecular weight excluding hydrogens is 146 g/mol. The number of hydrogen-bond donors (Lipinski definition) is 0. The van der Waals surface area contributed by atoms with Gasteiger partial charge in [-0.15, -0.1) is 0 Å². The van der Waals surface area contributed by atoms with E-state index in [4.69, 9.17) is 0 Å². The van der Waals surface area contributed by atoms with Crippen molar-refractivity contribution < 1.29 is 0 Å². The summed E-state index contributed by atoms with van der Waals surface area (Å²) >= 11 is 0. The van der Waals surface area contributed by atoms with Crippen molar-refractivity contribution in [2.75, 3.05) is 14.1 Å². The molecule has 0 bridgehead atoms. The zero-order valence-electron chi connectivity index (χ0n) is 9.39. The van der Waals surface area contributed by atoms with E-state index in [0.29, 0.717) is 11.3 Å². The monoisotopic (exact) mass is 169 g/mol. The summed E-state index contributed by atoms with van der Waals surface area (Å²) in [6.45, 7) is 9.12. The average molecular weight is 169 g/mol. The summed E-state index contributed by atoms with van der Waals surface area (Å²) in [6, 6.07) is 0. The van der Waals surface area contributed by atoms with Gasteiger partial charge in [-0.25, -0.2) is 0 Å². The van der Waals surface area contributed by atoms with Gasteiger partial charge in [-0.05, 0) is 24.0 Å². The average Bonchev–Trinajstić information content (AvgIpc) is 1.79. The molecule has 0 aliphatic rings. The largest absolute Gasteiger partial charge is 0.384 e. The van der Waals surface area contributed by atoms with Gasteiger partial charge in [-0.1, -0.05) is 33.8 Å². The first-order valence-corrected chi connectivity index (χ1v) is 4.66. The molecule has 0 saturated carbocycles. The predicted octanol–water partition coefficient (Wildman–Crippen LogP) is 3.13. The second kappa shape index (κ2) is 4.54. The molecule has 0 spiro atoms. The topological polar surface area (TPSA) is 3.24 Å². The fourth-order valence-electron chi connectivity index (χ4n) is 1.35. The highest BCUT2D eigenvalue weighted by Crippen LogP contribution is 2.24. The molecule has 72 valence electrons. The SMILES string of the molecule is CC(/C=C/N(C)C)CC(C)(C)C. The van der Waals surface area contributed by atoms with Gasteiger partial charge in [0.15, 0.2) is 0 Å². The van der Waals surface area contributed by atoms with Crippen LogP contribution >= 0.6 is 0 Å². The van der Waals surface area contributed by atoms with Crippen molar-refractivity contribution in [2.24, 2.45) is 11.3 Å². The Morgan fingerprint density at radius 3 is 2.08 bits per heavy atom. The Morgan fingerprint density at radius 2 is 1.75 bits per heavy atom. The fourth-order valence-corrected chi connectivity index (χ4v) is 1.35. The molecule has 0 aliphatic heterocycles. The zero-order valence-corrected chi connectivity index (χ0v) is 9.39. The van der Waals surface area contributed by atoms with Gasteiger partial charge >= 0.3 is 0 Å². The summed E-state index contributed by atoms with van der Waals surface area (Å²) in [5.74, 6) is 0.674. The van der Waals surface area contributed by atoms with Crippen LogP contribution in [0.3, 0.4) is 0 Å². The Balaban J connectivity index is 3.82. The van der Waals surface area contributed by atoms with Crippen LogP contribution in [0.2, 0.25) is 0 Å². The lowest BCUT2D eigenvalue weighted by Gasteiger charge is -2.21. The van der Waals surface area contributed by atoms with Crippen molar-refractivity contribution in [3.8, 4) is 0 Å². The van der Waals surface area contributed by atoms with Crippen LogP contribution in [-0.2, 0) is 0 Å². The van der Waals surface area contributed by atoms with E-state index in [9.17, 15) is 0 Å². The number of allylic oxidation sites excluding steroid dienone is 1. The van der Waals surface area contributed by atoms with E-state index in [1.54, 1.807) is 0 Å². The summed E-state index contributed by atoms with van der Waals surface area (Å²) < 4.78 is 0. The van der Waals surface area contributed by atoms with E-state index in [1.807, 2.05) is 0 Å². The van der Waals surface area contributed by atoms with Gasteiger partial charge in [0.1, 0.15) is 0 Å². The van der Waals surface area contributed by atoms with Crippen molar-refractivity contribution in [3.63, 3.8) is 0 Å². The highest BCUT2D eigenvalue weighted by molar-refractivity contribution is 4.86. The lowest BCUT2D eigenvalue weighted by atomic mass is 9.85. The minimum atomic E-state index is 0.441. The number of nitrogens with zero attached hydrogens (tertiary/aromatic N) is 1. The first-order valence-electron chi connectivity index (χ1n) is 4.66. The highest BCUT2D eigenvalue weighted by Gasteiger charge is 2.12. The van der Waals surface area contributed by atoms with Crippen LogP contribution in [0.4, 0.5) is 0 Å². The van der Waals surface area contributed by atoms with E-state index in [1.165, 1.54) is 6.42 Å². The normalized spacial score (nSPS) is 15.2. The van der Waals surface area contributed by atoms with Crippen LogP contribution in [0, 0.1) is 11.3 Å². The second-order valence-electron chi connectivity index (χ2n) is 5.05. The minimum Gasteiger partial charge on any atom is -0.384 e. The third kappa shape index (κ3) is 7.64. The Bertz CT molecular complexity index is 140. The van der Waals surface area contributed by atoms with Gasteiger partial charge in [-0.3, -0.25) is 0 Å². The van der Waals surface area contributed by atoms with Crippen molar-refractivity contribution in [2.45, 2.75) is 34.1 Å². The smallest absolute Gasteiger partial charge is 0.00555 e. The van der Waals surface area contributed by atoms with Crippen LogP contribution in [0.1, 0.15) is 34.1 Å². The molecule has 0 heterocycles. The van der Waals surface area contributed by atoms with E-state index < -0.39 is 0 Å². The van der Waals surface area contributed by atoms with E-state index in [-0.39, 0.29) is 0 Å². The van der Waals surface area contributed by atoms with Gasteiger partial charge in [0.2, 0.25) is 0 Å². The molecule has 0 aromatic rings. The van der Waals surface area contributed by atoms with Crippen LogP contribution in [0.25, 0.3) is 0 Å². The number of hydrogen-bond acceptors (Lipinski definition) is 1. The Kier molecular flexibility index (Phi) is 4.36. The Hall–Kier alpha value is -0.460. The summed E-state index contributed by atoms with van der Waals surface area (Å²) in [5.41, 5.74) is 0.441. The molecule has 1 unspecified atom stereocenters. The van der Waals surface area contributed by atoms with E-state index >= 15 is 0 Å². The Morgan fingerprint density at radius 1 is 1.25 bits per heavy atom. The third-order valence-electron chi connectivity index (χ3n) is 1.65. The minimum absolute atomic E-state index is 0.441. The van der Waals surface area contributed by atoms with E-state index in [0.717, 1.165) is 0 Å². The summed E-state index contributed by atoms with van der Waals surface area (Å²) in [5, 5.41) is 0. The van der Waals surface area contributed by atoms with Gasteiger partial charge in [0.25, 0.3) is 0 Å². The van der Waals surface area contributed by atoms with Crippen LogP contribution in [0.5, 0.6) is 0 Å². The van der Waals surface area contributed by atoms with Crippen molar-refractivity contribution in [1.82, 2.24) is 4.90 Å². The highest BCUT2D eigenvalue weighted by atomic mass is 15.0. The molecule has 0 amide bonds. The van der Waals surface area contributed by atoms with Crippen LogP contribution in [-0.4, -0.2) is 19.0 Å². The molecule has 0 aromatic carbocycles. The number of rotatable bonds is 3. The van der Waals surface area contributed by atoms with Crippen LogP contribution in [0.15, 0.2) is 12.3 Å². The van der Waals surface area contributed by atoms with Crippen molar-refractivity contribution in [3.05, 3.63) is 12.3 Å². The van der Waals surface area contributed by atoms with Crippen LogP contribution < -0.4 is 0 Å². The molecule has 0 saturated heterocycles. The van der Waals surface area contributed by atoms with E-state index in [2.05, 4.69) is 59.0 Å². The molecule has 0 N–H and O–H groups in total. The van der Waals surface area contributed by atoms with Crippen molar-refractivity contribution in [1.29, 1.82) is 0 Å². The maximum absolute atomic E-state index is 2.28. The third-order valence-corrected chi connectivity index (χ3v) is 1.65. The fraction of sp³-hybridized carbons (Fsp3) is 0.818. The zero-order chi connectivity index (χ0) is 9.78. The lowest BCUT2D eigenvalue weighted by molar-refractivity contribution is 0.335.